The summed E-state index contributed by atoms with van der Waals surface area (Å²) in [4.78, 5) is 4.04. The van der Waals surface area contributed by atoms with Crippen LogP contribution in [-0.4, -0.2) is 5.96 Å². The Labute approximate surface area is 86.0 Å². The van der Waals surface area contributed by atoms with Crippen molar-refractivity contribution in [3.8, 4) is 0 Å². The molecule has 0 aliphatic rings. The van der Waals surface area contributed by atoms with Gasteiger partial charge in [-0.2, -0.15) is 0 Å². The fourth-order valence-electron chi connectivity index (χ4n) is 1.06. The molecule has 1 aromatic rings. The van der Waals surface area contributed by atoms with E-state index in [0.717, 1.165) is 10.0 Å². The van der Waals surface area contributed by atoms with Gasteiger partial charge in [-0.05, 0) is 24.6 Å². The maximum absolute atomic E-state index is 5.28. The van der Waals surface area contributed by atoms with Crippen molar-refractivity contribution in [1.82, 2.24) is 0 Å². The lowest BCUT2D eigenvalue weighted by Gasteiger charge is -2.06. The molecule has 0 aliphatic heterocycles. The van der Waals surface area contributed by atoms with Crippen LogP contribution in [0.4, 0.5) is 0 Å². The smallest absolute Gasteiger partial charge is 0.186 e. The second kappa shape index (κ2) is 4.28. The van der Waals surface area contributed by atoms with Crippen molar-refractivity contribution in [2.45, 2.75) is 13.0 Å². The lowest BCUT2D eigenvalue weighted by Crippen LogP contribution is -2.23. The van der Waals surface area contributed by atoms with Gasteiger partial charge < -0.3 is 11.5 Å². The van der Waals surface area contributed by atoms with E-state index in [4.69, 9.17) is 11.5 Å². The van der Waals surface area contributed by atoms with Crippen molar-refractivity contribution in [2.24, 2.45) is 16.5 Å². The minimum atomic E-state index is 0.00231. The molecule has 0 bridgehead atoms. The number of nitrogens with two attached hydrogens (primary N) is 2. The first-order valence-electron chi connectivity index (χ1n) is 3.94. The summed E-state index contributed by atoms with van der Waals surface area (Å²) in [5.74, 6) is 0.118. The Morgan fingerprint density at radius 3 is 2.69 bits per heavy atom. The molecule has 0 amide bonds. The van der Waals surface area contributed by atoms with E-state index in [-0.39, 0.29) is 12.0 Å². The standard InChI is InChI=1S/C9H12BrN3/c1-6(13-9(11)12)7-3-2-4-8(10)5-7/h2-6H,1H3,(H4,11,12,13)/t6-/m1/s1. The molecule has 1 aromatic carbocycles. The summed E-state index contributed by atoms with van der Waals surface area (Å²) < 4.78 is 1.03. The number of aliphatic imine (C=N–C) groups is 1. The molecule has 0 spiro atoms. The molecular formula is C9H12BrN3. The van der Waals surface area contributed by atoms with Crippen LogP contribution in [0.3, 0.4) is 0 Å². The summed E-state index contributed by atoms with van der Waals surface area (Å²) in [5, 5.41) is 0. The van der Waals surface area contributed by atoms with E-state index in [9.17, 15) is 0 Å². The number of hydrogen-bond donors (Lipinski definition) is 2. The number of nitrogens with zero attached hydrogens (tertiary/aromatic N) is 1. The number of rotatable bonds is 2. The van der Waals surface area contributed by atoms with Gasteiger partial charge in [0.15, 0.2) is 5.96 Å². The van der Waals surface area contributed by atoms with Crippen LogP contribution in [-0.2, 0) is 0 Å². The first-order valence-corrected chi connectivity index (χ1v) is 4.73. The molecule has 1 rings (SSSR count). The Bertz CT molecular complexity index is 318. The van der Waals surface area contributed by atoms with E-state index < -0.39 is 0 Å². The van der Waals surface area contributed by atoms with Crippen LogP contribution < -0.4 is 11.5 Å². The molecule has 4 heteroatoms. The van der Waals surface area contributed by atoms with Gasteiger partial charge in [0.2, 0.25) is 0 Å². The van der Waals surface area contributed by atoms with E-state index in [1.807, 2.05) is 31.2 Å². The molecule has 0 unspecified atom stereocenters. The highest BCUT2D eigenvalue weighted by Crippen LogP contribution is 2.20. The monoisotopic (exact) mass is 241 g/mol. The highest BCUT2D eigenvalue weighted by molar-refractivity contribution is 9.10. The third kappa shape index (κ3) is 3.06. The molecular weight excluding hydrogens is 230 g/mol. The van der Waals surface area contributed by atoms with Gasteiger partial charge in [-0.25, -0.2) is 4.99 Å². The maximum Gasteiger partial charge on any atom is 0.186 e. The normalized spacial score (nSPS) is 12.2. The summed E-state index contributed by atoms with van der Waals surface area (Å²) in [6.07, 6.45) is 0. The Morgan fingerprint density at radius 2 is 2.15 bits per heavy atom. The maximum atomic E-state index is 5.28. The molecule has 0 heterocycles. The second-order valence-corrected chi connectivity index (χ2v) is 3.70. The van der Waals surface area contributed by atoms with Crippen LogP contribution in [0, 0.1) is 0 Å². The molecule has 13 heavy (non-hydrogen) atoms. The van der Waals surface area contributed by atoms with Crippen LogP contribution in [0.2, 0.25) is 0 Å². The Hall–Kier alpha value is -1.03. The quantitative estimate of drug-likeness (QED) is 0.613. The third-order valence-electron chi connectivity index (χ3n) is 1.67. The average molecular weight is 242 g/mol. The first-order chi connectivity index (χ1) is 6.09. The predicted octanol–water partition coefficient (Wildman–Crippen LogP) is 1.78. The molecule has 0 fully saturated rings. The van der Waals surface area contributed by atoms with Gasteiger partial charge in [0.1, 0.15) is 0 Å². The van der Waals surface area contributed by atoms with Crippen molar-refractivity contribution in [3.63, 3.8) is 0 Å². The van der Waals surface area contributed by atoms with E-state index in [2.05, 4.69) is 20.9 Å². The van der Waals surface area contributed by atoms with Gasteiger partial charge >= 0.3 is 0 Å². The fourth-order valence-corrected chi connectivity index (χ4v) is 1.48. The largest absolute Gasteiger partial charge is 0.370 e. The molecule has 0 radical (unpaired) electrons. The zero-order valence-corrected chi connectivity index (χ0v) is 8.95. The van der Waals surface area contributed by atoms with Crippen molar-refractivity contribution in [2.75, 3.05) is 0 Å². The minimum absolute atomic E-state index is 0.00231. The highest BCUT2D eigenvalue weighted by atomic mass is 79.9. The van der Waals surface area contributed by atoms with E-state index in [0.29, 0.717) is 0 Å². The van der Waals surface area contributed by atoms with Gasteiger partial charge in [0.05, 0.1) is 6.04 Å². The minimum Gasteiger partial charge on any atom is -0.370 e. The van der Waals surface area contributed by atoms with Crippen LogP contribution >= 0.6 is 15.9 Å². The summed E-state index contributed by atoms with van der Waals surface area (Å²) in [6.45, 7) is 1.95. The summed E-state index contributed by atoms with van der Waals surface area (Å²) in [7, 11) is 0. The Balaban J connectivity index is 2.89. The molecule has 4 N–H and O–H groups in total. The molecule has 0 aliphatic carbocycles. The molecule has 0 aromatic heterocycles. The number of hydrogen-bond acceptors (Lipinski definition) is 1. The highest BCUT2D eigenvalue weighted by Gasteiger charge is 2.02. The van der Waals surface area contributed by atoms with Gasteiger partial charge in [-0.3, -0.25) is 0 Å². The molecule has 0 saturated heterocycles. The van der Waals surface area contributed by atoms with Gasteiger partial charge in [0.25, 0.3) is 0 Å². The molecule has 70 valence electrons. The number of guanidine groups is 1. The number of benzene rings is 1. The van der Waals surface area contributed by atoms with E-state index >= 15 is 0 Å². The topological polar surface area (TPSA) is 64.4 Å². The zero-order chi connectivity index (χ0) is 9.84. The molecule has 0 saturated carbocycles. The summed E-state index contributed by atoms with van der Waals surface area (Å²) >= 11 is 3.39. The summed E-state index contributed by atoms with van der Waals surface area (Å²) in [5.41, 5.74) is 11.7. The van der Waals surface area contributed by atoms with E-state index in [1.54, 1.807) is 0 Å². The lowest BCUT2D eigenvalue weighted by atomic mass is 10.1. The van der Waals surface area contributed by atoms with Crippen molar-refractivity contribution in [3.05, 3.63) is 34.3 Å². The SMILES string of the molecule is C[C@@H](N=C(N)N)c1cccc(Br)c1. The fraction of sp³-hybridized carbons (Fsp3) is 0.222. The Morgan fingerprint density at radius 1 is 1.46 bits per heavy atom. The summed E-state index contributed by atoms with van der Waals surface area (Å²) in [6, 6.07) is 7.91. The van der Waals surface area contributed by atoms with Gasteiger partial charge in [-0.15, -0.1) is 0 Å². The Kier molecular flexibility index (Phi) is 3.31. The molecule has 1 atom stereocenters. The number of halogens is 1. The third-order valence-corrected chi connectivity index (χ3v) is 2.17. The van der Waals surface area contributed by atoms with Crippen molar-refractivity contribution in [1.29, 1.82) is 0 Å². The zero-order valence-electron chi connectivity index (χ0n) is 7.37. The predicted molar refractivity (Wildman–Crippen MR) is 58.4 cm³/mol. The lowest BCUT2D eigenvalue weighted by molar-refractivity contribution is 0.815. The van der Waals surface area contributed by atoms with Crippen molar-refractivity contribution >= 4 is 21.9 Å². The first kappa shape index (κ1) is 10.1. The van der Waals surface area contributed by atoms with Crippen LogP contribution in [0.1, 0.15) is 18.5 Å². The van der Waals surface area contributed by atoms with Crippen molar-refractivity contribution < 1.29 is 0 Å². The van der Waals surface area contributed by atoms with E-state index in [1.165, 1.54) is 0 Å². The van der Waals surface area contributed by atoms with Gasteiger partial charge in [-0.1, -0.05) is 28.1 Å². The van der Waals surface area contributed by atoms with Gasteiger partial charge in [0, 0.05) is 4.47 Å². The second-order valence-electron chi connectivity index (χ2n) is 2.78. The van der Waals surface area contributed by atoms with Crippen LogP contribution in [0.25, 0.3) is 0 Å². The molecule has 3 nitrogen and oxygen atoms in total. The van der Waals surface area contributed by atoms with Crippen LogP contribution in [0.15, 0.2) is 33.7 Å². The average Bonchev–Trinajstić information content (AvgIpc) is 2.03. The van der Waals surface area contributed by atoms with Crippen LogP contribution in [0.5, 0.6) is 0 Å².